The first-order valence-electron chi connectivity index (χ1n) is 8.30. The standard InChI is InChI=1S/C19H15ClF2N2O3/c20-13-2-1-3-14(22)18(13)19-23-11-17(27-7-6-21)24(19)12-4-5-15-16(10-12)26-9-8-25-15/h1-5,10-11H,6-9H2. The second kappa shape index (κ2) is 7.44. The third-order valence-corrected chi connectivity index (χ3v) is 4.34. The van der Waals surface area contributed by atoms with Crippen LogP contribution in [0.25, 0.3) is 17.1 Å². The zero-order valence-electron chi connectivity index (χ0n) is 14.1. The van der Waals surface area contributed by atoms with E-state index in [2.05, 4.69) is 4.98 Å². The third-order valence-electron chi connectivity index (χ3n) is 4.03. The maximum Gasteiger partial charge on any atom is 0.218 e. The normalized spacial score (nSPS) is 12.9. The molecule has 0 saturated heterocycles. The Labute approximate surface area is 159 Å². The van der Waals surface area contributed by atoms with Crippen LogP contribution >= 0.6 is 11.6 Å². The fraction of sp³-hybridized carbons (Fsp3) is 0.211. The van der Waals surface area contributed by atoms with E-state index < -0.39 is 12.5 Å². The van der Waals surface area contributed by atoms with E-state index in [-0.39, 0.29) is 28.9 Å². The number of alkyl halides is 1. The van der Waals surface area contributed by atoms with Crippen LogP contribution < -0.4 is 14.2 Å². The molecule has 0 aliphatic carbocycles. The molecule has 0 N–H and O–H groups in total. The van der Waals surface area contributed by atoms with Crippen molar-refractivity contribution in [2.45, 2.75) is 0 Å². The van der Waals surface area contributed by atoms with Crippen LogP contribution in [0, 0.1) is 5.82 Å². The smallest absolute Gasteiger partial charge is 0.218 e. The Morgan fingerprint density at radius 3 is 2.74 bits per heavy atom. The number of ether oxygens (including phenoxy) is 3. The van der Waals surface area contributed by atoms with Gasteiger partial charge in [-0.1, -0.05) is 17.7 Å². The summed E-state index contributed by atoms with van der Waals surface area (Å²) in [6.07, 6.45) is 1.41. The van der Waals surface area contributed by atoms with Crippen molar-refractivity contribution in [2.75, 3.05) is 26.5 Å². The molecule has 0 atom stereocenters. The lowest BCUT2D eigenvalue weighted by atomic mass is 10.2. The highest BCUT2D eigenvalue weighted by Crippen LogP contribution is 2.38. The van der Waals surface area contributed by atoms with Gasteiger partial charge >= 0.3 is 0 Å². The van der Waals surface area contributed by atoms with Gasteiger partial charge in [0.2, 0.25) is 5.88 Å². The number of hydrogen-bond acceptors (Lipinski definition) is 4. The number of hydrogen-bond donors (Lipinski definition) is 0. The molecular weight excluding hydrogens is 378 g/mol. The molecule has 3 aromatic rings. The van der Waals surface area contributed by atoms with E-state index in [9.17, 15) is 8.78 Å². The summed E-state index contributed by atoms with van der Waals surface area (Å²) in [7, 11) is 0. The first-order valence-corrected chi connectivity index (χ1v) is 8.67. The van der Waals surface area contributed by atoms with E-state index in [4.69, 9.17) is 25.8 Å². The number of imidazole rings is 1. The van der Waals surface area contributed by atoms with Crippen molar-refractivity contribution in [2.24, 2.45) is 0 Å². The molecule has 0 spiro atoms. The predicted molar refractivity (Wildman–Crippen MR) is 96.4 cm³/mol. The molecule has 2 aromatic carbocycles. The van der Waals surface area contributed by atoms with Crippen LogP contribution in [-0.2, 0) is 0 Å². The monoisotopic (exact) mass is 392 g/mol. The molecule has 4 rings (SSSR count). The summed E-state index contributed by atoms with van der Waals surface area (Å²) in [5, 5.41) is 0.205. The van der Waals surface area contributed by atoms with E-state index in [0.29, 0.717) is 30.4 Å². The summed E-state index contributed by atoms with van der Waals surface area (Å²) in [5.74, 6) is 1.14. The number of fused-ring (bicyclic) bond motifs is 1. The zero-order valence-corrected chi connectivity index (χ0v) is 14.9. The lowest BCUT2D eigenvalue weighted by Crippen LogP contribution is -2.15. The van der Waals surface area contributed by atoms with Gasteiger partial charge in [-0.2, -0.15) is 0 Å². The number of halogens is 3. The minimum Gasteiger partial charge on any atom is -0.486 e. The van der Waals surface area contributed by atoms with Gasteiger partial charge in [-0.25, -0.2) is 13.8 Å². The minimum absolute atomic E-state index is 0.129. The van der Waals surface area contributed by atoms with Crippen molar-refractivity contribution in [1.82, 2.24) is 9.55 Å². The SMILES string of the molecule is FCCOc1cnc(-c2c(F)cccc2Cl)n1-c1ccc2c(c1)OCCO2. The average molecular weight is 393 g/mol. The topological polar surface area (TPSA) is 45.5 Å². The van der Waals surface area contributed by atoms with Crippen LogP contribution in [-0.4, -0.2) is 36.0 Å². The first-order chi connectivity index (χ1) is 13.2. The molecule has 1 aliphatic heterocycles. The van der Waals surface area contributed by atoms with Crippen LogP contribution in [0.15, 0.2) is 42.6 Å². The Morgan fingerprint density at radius 1 is 1.15 bits per heavy atom. The summed E-state index contributed by atoms with van der Waals surface area (Å²) in [5.41, 5.74) is 0.726. The molecule has 8 heteroatoms. The van der Waals surface area contributed by atoms with Crippen LogP contribution in [0.1, 0.15) is 0 Å². The van der Waals surface area contributed by atoms with Gasteiger partial charge in [0, 0.05) is 6.07 Å². The fourth-order valence-corrected chi connectivity index (χ4v) is 3.14. The lowest BCUT2D eigenvalue weighted by Gasteiger charge is -2.20. The van der Waals surface area contributed by atoms with Gasteiger partial charge in [0.25, 0.3) is 0 Å². The molecule has 27 heavy (non-hydrogen) atoms. The van der Waals surface area contributed by atoms with Gasteiger partial charge < -0.3 is 14.2 Å². The van der Waals surface area contributed by atoms with Gasteiger partial charge in [0.1, 0.15) is 32.3 Å². The number of aromatic nitrogens is 2. The number of benzene rings is 2. The van der Waals surface area contributed by atoms with E-state index in [0.717, 1.165) is 0 Å². The summed E-state index contributed by atoms with van der Waals surface area (Å²) >= 11 is 6.21. The molecule has 1 aromatic heterocycles. The molecule has 0 bridgehead atoms. The molecule has 2 heterocycles. The molecule has 1 aliphatic rings. The Kier molecular flexibility index (Phi) is 4.85. The Balaban J connectivity index is 1.88. The van der Waals surface area contributed by atoms with Crippen molar-refractivity contribution in [3.05, 3.63) is 53.4 Å². The minimum atomic E-state index is -0.665. The lowest BCUT2D eigenvalue weighted by molar-refractivity contribution is 0.171. The first kappa shape index (κ1) is 17.6. The fourth-order valence-electron chi connectivity index (χ4n) is 2.89. The Morgan fingerprint density at radius 2 is 1.96 bits per heavy atom. The van der Waals surface area contributed by atoms with Crippen LogP contribution in [0.2, 0.25) is 5.02 Å². The highest BCUT2D eigenvalue weighted by molar-refractivity contribution is 6.33. The summed E-state index contributed by atoms with van der Waals surface area (Å²) < 4.78 is 45.3. The van der Waals surface area contributed by atoms with E-state index in [1.165, 1.54) is 18.3 Å². The molecule has 140 valence electrons. The quantitative estimate of drug-likeness (QED) is 0.643. The van der Waals surface area contributed by atoms with E-state index in [1.807, 2.05) is 0 Å². The van der Waals surface area contributed by atoms with Crippen molar-refractivity contribution < 1.29 is 23.0 Å². The zero-order chi connectivity index (χ0) is 18.8. The van der Waals surface area contributed by atoms with Crippen LogP contribution in [0.3, 0.4) is 0 Å². The second-order valence-corrected chi connectivity index (χ2v) is 6.12. The van der Waals surface area contributed by atoms with E-state index >= 15 is 0 Å². The van der Waals surface area contributed by atoms with Crippen molar-refractivity contribution >= 4 is 11.6 Å². The van der Waals surface area contributed by atoms with Gasteiger partial charge in [0.15, 0.2) is 17.3 Å². The summed E-state index contributed by atoms with van der Waals surface area (Å²) in [6.45, 7) is 0.0821. The van der Waals surface area contributed by atoms with Crippen LogP contribution in [0.4, 0.5) is 8.78 Å². The molecule has 0 radical (unpaired) electrons. The maximum atomic E-state index is 14.5. The van der Waals surface area contributed by atoms with Gasteiger partial charge in [-0.05, 0) is 24.3 Å². The summed E-state index contributed by atoms with van der Waals surface area (Å²) in [6, 6.07) is 9.62. The van der Waals surface area contributed by atoms with Crippen molar-refractivity contribution in [3.8, 4) is 34.5 Å². The third kappa shape index (κ3) is 3.30. The van der Waals surface area contributed by atoms with Crippen molar-refractivity contribution in [1.29, 1.82) is 0 Å². The van der Waals surface area contributed by atoms with Crippen molar-refractivity contribution in [3.63, 3.8) is 0 Å². The number of nitrogens with zero attached hydrogens (tertiary/aromatic N) is 2. The maximum absolute atomic E-state index is 14.5. The second-order valence-electron chi connectivity index (χ2n) is 5.72. The average Bonchev–Trinajstić information content (AvgIpc) is 3.09. The molecule has 0 unspecified atom stereocenters. The Hall–Kier alpha value is -2.80. The van der Waals surface area contributed by atoms with Gasteiger partial charge in [-0.15, -0.1) is 0 Å². The Bertz CT molecular complexity index is 957. The molecular formula is C19H15ClF2N2O3. The largest absolute Gasteiger partial charge is 0.486 e. The molecule has 0 amide bonds. The van der Waals surface area contributed by atoms with Gasteiger partial charge in [0.05, 0.1) is 22.5 Å². The number of rotatable bonds is 5. The highest BCUT2D eigenvalue weighted by atomic mass is 35.5. The van der Waals surface area contributed by atoms with Gasteiger partial charge in [-0.3, -0.25) is 4.57 Å². The van der Waals surface area contributed by atoms with Crippen LogP contribution in [0.5, 0.6) is 17.4 Å². The molecule has 0 saturated carbocycles. The summed E-state index contributed by atoms with van der Waals surface area (Å²) in [4.78, 5) is 4.27. The highest BCUT2D eigenvalue weighted by Gasteiger charge is 2.22. The molecule has 0 fully saturated rings. The van der Waals surface area contributed by atoms with E-state index in [1.54, 1.807) is 28.8 Å². The predicted octanol–water partition coefficient (Wildman–Crippen LogP) is 4.45. The molecule has 5 nitrogen and oxygen atoms in total.